The first-order valence-electron chi connectivity index (χ1n) is 10.1. The highest BCUT2D eigenvalue weighted by Gasteiger charge is 2.85. The number of halogens is 9. The van der Waals surface area contributed by atoms with Crippen molar-refractivity contribution in [2.75, 3.05) is 51.8 Å². The van der Waals surface area contributed by atoms with Gasteiger partial charge in [-0.3, -0.25) is 9.11 Å². The lowest BCUT2D eigenvalue weighted by Crippen LogP contribution is -2.65. The summed E-state index contributed by atoms with van der Waals surface area (Å²) in [6.07, 6.45) is -12.5. The van der Waals surface area contributed by atoms with E-state index in [1.807, 2.05) is 0 Å². The molecule has 0 aliphatic heterocycles. The average Bonchev–Trinajstić information content (AvgIpc) is 2.61. The minimum atomic E-state index is -7.61. The number of sulfonamides is 1. The van der Waals surface area contributed by atoms with Gasteiger partial charge in [0.05, 0.1) is 26.7 Å². The Morgan fingerprint density at radius 1 is 0.744 bits per heavy atom. The van der Waals surface area contributed by atoms with Crippen molar-refractivity contribution < 1.29 is 88.6 Å². The normalized spacial score (nSPS) is 16.9. The Balaban J connectivity index is 6.24. The van der Waals surface area contributed by atoms with Gasteiger partial charge in [0.15, 0.2) is 0 Å². The van der Waals surface area contributed by atoms with Gasteiger partial charge in [-0.05, 0) is 0 Å². The van der Waals surface area contributed by atoms with Crippen molar-refractivity contribution >= 4 is 30.3 Å². The van der Waals surface area contributed by atoms with Gasteiger partial charge in [-0.1, -0.05) is 0 Å². The van der Waals surface area contributed by atoms with Gasteiger partial charge in [0.25, 0.3) is 30.3 Å². The Morgan fingerprint density at radius 3 is 1.54 bits per heavy atom. The first-order chi connectivity index (χ1) is 16.8. The van der Waals surface area contributed by atoms with E-state index in [1.165, 1.54) is 14.1 Å². The standard InChI is InChI=1S/C15H25F9N2O10S3/c1-26(2,7-11(28)9-38(32,33)34)5-3-4-25(6-10(27)8-37(29,30)31)39(35,36)15(23,24)13(18,19)12(16,17)14(20,21)22/h10-11,27-28H,3-9H2,1-2H3,(H-,29,30,31,32,33,34)/p+1. The molecule has 0 aliphatic carbocycles. The third-order valence-electron chi connectivity index (χ3n) is 4.88. The Bertz CT molecular complexity index is 1160. The van der Waals surface area contributed by atoms with Gasteiger partial charge in [-0.15, -0.1) is 0 Å². The molecule has 0 bridgehead atoms. The Morgan fingerprint density at radius 2 is 1.15 bits per heavy atom. The largest absolute Gasteiger partial charge is 0.460 e. The van der Waals surface area contributed by atoms with Crippen LogP contribution in [0.3, 0.4) is 0 Å². The molecule has 0 spiro atoms. The maximum Gasteiger partial charge on any atom is 0.460 e. The second-order valence-electron chi connectivity index (χ2n) is 9.03. The van der Waals surface area contributed by atoms with Gasteiger partial charge in [0.1, 0.15) is 24.2 Å². The molecule has 24 heteroatoms. The number of alkyl halides is 9. The van der Waals surface area contributed by atoms with Gasteiger partial charge >= 0.3 is 23.3 Å². The predicted octanol–water partition coefficient (Wildman–Crippen LogP) is 0.00780. The van der Waals surface area contributed by atoms with Crippen LogP contribution in [0, 0.1) is 0 Å². The highest BCUT2D eigenvalue weighted by molar-refractivity contribution is 7.90. The topological polar surface area (TPSA) is 187 Å². The zero-order chi connectivity index (χ0) is 31.7. The summed E-state index contributed by atoms with van der Waals surface area (Å²) in [4.78, 5) is 0. The van der Waals surface area contributed by atoms with Crippen LogP contribution in [0.5, 0.6) is 0 Å². The summed E-state index contributed by atoms with van der Waals surface area (Å²) >= 11 is 0. The first-order valence-corrected chi connectivity index (χ1v) is 14.7. The van der Waals surface area contributed by atoms with Crippen LogP contribution in [0.15, 0.2) is 0 Å². The van der Waals surface area contributed by atoms with Crippen molar-refractivity contribution in [3.8, 4) is 0 Å². The van der Waals surface area contributed by atoms with Crippen molar-refractivity contribution in [2.24, 2.45) is 0 Å². The summed E-state index contributed by atoms with van der Waals surface area (Å²) in [6, 6.07) is 0. The van der Waals surface area contributed by atoms with Crippen LogP contribution in [0.4, 0.5) is 39.5 Å². The van der Waals surface area contributed by atoms with Crippen molar-refractivity contribution in [3.63, 3.8) is 0 Å². The molecule has 0 saturated heterocycles. The van der Waals surface area contributed by atoms with Crippen LogP contribution in [-0.4, -0.2) is 141 Å². The Kier molecular flexibility index (Phi) is 11.8. The molecule has 39 heavy (non-hydrogen) atoms. The summed E-state index contributed by atoms with van der Waals surface area (Å²) in [5, 5.41) is 12.2. The highest BCUT2D eigenvalue weighted by Crippen LogP contribution is 2.55. The number of rotatable bonds is 16. The number of aliphatic hydroxyl groups excluding tert-OH is 2. The third-order valence-corrected chi connectivity index (χ3v) is 8.40. The zero-order valence-electron chi connectivity index (χ0n) is 19.9. The number of aliphatic hydroxyl groups is 2. The van der Waals surface area contributed by atoms with Crippen LogP contribution in [0.2, 0.25) is 0 Å². The van der Waals surface area contributed by atoms with Crippen molar-refractivity contribution in [3.05, 3.63) is 0 Å². The Hall–Kier alpha value is -1.02. The molecule has 0 fully saturated rings. The summed E-state index contributed by atoms with van der Waals surface area (Å²) < 4.78 is 204. The molecule has 4 N–H and O–H groups in total. The molecule has 12 nitrogen and oxygen atoms in total. The molecule has 0 aromatic carbocycles. The average molecular weight is 662 g/mol. The van der Waals surface area contributed by atoms with Crippen molar-refractivity contribution in [2.45, 2.75) is 41.9 Å². The van der Waals surface area contributed by atoms with E-state index in [-0.39, 0.29) is 0 Å². The van der Waals surface area contributed by atoms with Crippen molar-refractivity contribution in [1.29, 1.82) is 0 Å². The molecule has 0 aliphatic rings. The third kappa shape index (κ3) is 10.1. The molecule has 0 aromatic rings. The van der Waals surface area contributed by atoms with Gasteiger partial charge in [-0.2, -0.15) is 60.7 Å². The van der Waals surface area contributed by atoms with Gasteiger partial charge < -0.3 is 14.7 Å². The van der Waals surface area contributed by atoms with E-state index in [0.29, 0.717) is 0 Å². The molecule has 0 saturated carbocycles. The quantitative estimate of drug-likeness (QED) is 0.0998. The number of likely N-dealkylation sites (N-methyl/N-ethyl adjacent to an activating group) is 1. The highest BCUT2D eigenvalue weighted by atomic mass is 32.2. The summed E-state index contributed by atoms with van der Waals surface area (Å²) in [5.41, 5.74) is 0. The fraction of sp³-hybridized carbons (Fsp3) is 1.00. The van der Waals surface area contributed by atoms with Gasteiger partial charge in [0.2, 0.25) is 0 Å². The number of hydrogen-bond acceptors (Lipinski definition) is 8. The summed E-state index contributed by atoms with van der Waals surface area (Å²) in [5.74, 6) is -18.2. The lowest BCUT2D eigenvalue weighted by atomic mass is 10.1. The summed E-state index contributed by atoms with van der Waals surface area (Å²) in [6.45, 7) is -4.33. The molecule has 0 rings (SSSR count). The van der Waals surface area contributed by atoms with Crippen LogP contribution >= 0.6 is 0 Å². The molecule has 2 unspecified atom stereocenters. The fourth-order valence-corrected chi connectivity index (χ4v) is 5.86. The van der Waals surface area contributed by atoms with Crippen LogP contribution in [-0.2, 0) is 30.3 Å². The van der Waals surface area contributed by atoms with Crippen molar-refractivity contribution in [1.82, 2.24) is 4.31 Å². The lowest BCUT2D eigenvalue weighted by molar-refractivity contribution is -0.893. The van der Waals surface area contributed by atoms with Crippen LogP contribution < -0.4 is 0 Å². The van der Waals surface area contributed by atoms with Gasteiger partial charge in [-0.25, -0.2) is 8.42 Å². The van der Waals surface area contributed by atoms with E-state index in [2.05, 4.69) is 0 Å². The minimum absolute atomic E-state index is 0.469. The lowest BCUT2D eigenvalue weighted by Gasteiger charge is -2.36. The second kappa shape index (κ2) is 12.1. The van der Waals surface area contributed by atoms with E-state index in [1.54, 1.807) is 0 Å². The molecule has 0 aromatic heterocycles. The second-order valence-corrected chi connectivity index (χ2v) is 14.0. The van der Waals surface area contributed by atoms with E-state index < -0.39 is 119 Å². The number of hydrogen-bond donors (Lipinski definition) is 4. The Labute approximate surface area is 217 Å². The molecular formula is C15H26F9N2O10S3+. The van der Waals surface area contributed by atoms with E-state index in [0.717, 1.165) is 0 Å². The molecule has 0 radical (unpaired) electrons. The SMILES string of the molecule is C[N+](C)(CCCN(CC(O)CS(=O)(=O)O)S(=O)(=O)C(F)(F)C(F)(F)C(F)(F)C(F)(F)F)CC(O)CS(=O)(=O)O. The monoisotopic (exact) mass is 661 g/mol. The molecule has 236 valence electrons. The smallest absolute Gasteiger partial charge is 0.391 e. The van der Waals surface area contributed by atoms with Gasteiger partial charge in [0, 0.05) is 19.5 Å². The van der Waals surface area contributed by atoms with E-state index >= 15 is 0 Å². The van der Waals surface area contributed by atoms with E-state index in [9.17, 15) is 75.0 Å². The predicted molar refractivity (Wildman–Crippen MR) is 113 cm³/mol. The number of nitrogens with zero attached hydrogens (tertiary/aromatic N) is 2. The molecule has 0 heterocycles. The maximum atomic E-state index is 14.3. The first kappa shape index (κ1) is 38.0. The molecular weight excluding hydrogens is 635 g/mol. The molecule has 2 atom stereocenters. The number of quaternary nitrogens is 1. The minimum Gasteiger partial charge on any atom is -0.391 e. The fourth-order valence-electron chi connectivity index (χ4n) is 3.16. The van der Waals surface area contributed by atoms with E-state index in [4.69, 9.17) is 9.11 Å². The van der Waals surface area contributed by atoms with Crippen LogP contribution in [0.1, 0.15) is 6.42 Å². The zero-order valence-corrected chi connectivity index (χ0v) is 22.3. The van der Waals surface area contributed by atoms with Crippen LogP contribution in [0.25, 0.3) is 0 Å². The summed E-state index contributed by atoms with van der Waals surface area (Å²) in [7, 11) is -14.7. The molecule has 0 amide bonds. The maximum absolute atomic E-state index is 14.3.